The summed E-state index contributed by atoms with van der Waals surface area (Å²) in [7, 11) is 1.77. The molecule has 3 rings (SSSR count). The Morgan fingerprint density at radius 3 is 3.00 bits per heavy atom. The predicted molar refractivity (Wildman–Crippen MR) is 78.9 cm³/mol. The summed E-state index contributed by atoms with van der Waals surface area (Å²) in [5.74, 6) is -0.736. The molecular weight excluding hydrogens is 290 g/mol. The molecule has 0 spiro atoms. The summed E-state index contributed by atoms with van der Waals surface area (Å²) < 4.78 is 7.41. The minimum atomic E-state index is -1.06. The van der Waals surface area contributed by atoms with E-state index in [0.29, 0.717) is 29.1 Å². The molecule has 0 fully saturated rings. The van der Waals surface area contributed by atoms with Crippen molar-refractivity contribution in [2.45, 2.75) is 13.5 Å². The number of carboxylic acids is 1. The summed E-state index contributed by atoms with van der Waals surface area (Å²) >= 11 is 1.56. The number of carbonyl (C=O) groups is 1. The van der Waals surface area contributed by atoms with Crippen molar-refractivity contribution in [2.75, 3.05) is 0 Å². The fraction of sp³-hybridized carbons (Fsp3) is 0.214. The zero-order valence-corrected chi connectivity index (χ0v) is 12.3. The molecule has 0 bridgehead atoms. The Kier molecular flexibility index (Phi) is 3.34. The molecule has 3 heterocycles. The average molecular weight is 303 g/mol. The number of pyridine rings is 1. The normalized spacial score (nSPS) is 11.0. The zero-order valence-electron chi connectivity index (χ0n) is 11.5. The number of aromatic carboxylic acids is 1. The maximum atomic E-state index is 11.4. The summed E-state index contributed by atoms with van der Waals surface area (Å²) in [6.07, 6.45) is 1.32. The topological polar surface area (TPSA) is 77.2 Å². The lowest BCUT2D eigenvalue weighted by Crippen LogP contribution is -2.05. The summed E-state index contributed by atoms with van der Waals surface area (Å²) in [4.78, 5) is 16.6. The van der Waals surface area contributed by atoms with Crippen LogP contribution in [0.1, 0.15) is 20.9 Å². The Morgan fingerprint density at radius 1 is 1.52 bits per heavy atom. The Balaban J connectivity index is 2.12. The van der Waals surface area contributed by atoms with Crippen molar-refractivity contribution in [1.29, 1.82) is 0 Å². The molecule has 21 heavy (non-hydrogen) atoms. The average Bonchev–Trinajstić information content (AvgIpc) is 3.05. The van der Waals surface area contributed by atoms with Gasteiger partial charge in [-0.1, -0.05) is 6.07 Å². The molecule has 0 unspecified atom stereocenters. The monoisotopic (exact) mass is 303 g/mol. The van der Waals surface area contributed by atoms with Crippen molar-refractivity contribution in [1.82, 2.24) is 14.8 Å². The molecule has 108 valence electrons. The molecule has 3 aromatic heterocycles. The fourth-order valence-corrected chi connectivity index (χ4v) is 2.84. The first kappa shape index (κ1) is 13.6. The second-order valence-corrected chi connectivity index (χ2v) is 5.61. The Morgan fingerprint density at radius 2 is 2.33 bits per heavy atom. The molecule has 7 heteroatoms. The van der Waals surface area contributed by atoms with E-state index in [1.54, 1.807) is 23.1 Å². The van der Waals surface area contributed by atoms with Gasteiger partial charge < -0.3 is 9.84 Å². The summed E-state index contributed by atoms with van der Waals surface area (Å²) in [5.41, 5.74) is 1.36. The standard InChI is InChI=1S/C14H13N3O3S/c1-8-11-12(20-7-9-4-3-5-21-9)10(14(18)19)6-15-13(11)17(2)16-8/h3-6H,7H2,1-2H3,(H,18,19). The quantitative estimate of drug-likeness (QED) is 0.801. The van der Waals surface area contributed by atoms with Gasteiger partial charge in [-0.2, -0.15) is 5.10 Å². The van der Waals surface area contributed by atoms with Crippen LogP contribution in [0.25, 0.3) is 11.0 Å². The lowest BCUT2D eigenvalue weighted by atomic mass is 10.2. The van der Waals surface area contributed by atoms with Crippen LogP contribution < -0.4 is 4.74 Å². The second-order valence-electron chi connectivity index (χ2n) is 4.58. The van der Waals surface area contributed by atoms with Gasteiger partial charge in [0, 0.05) is 18.1 Å². The van der Waals surface area contributed by atoms with Crippen molar-refractivity contribution in [2.24, 2.45) is 7.05 Å². The van der Waals surface area contributed by atoms with Crippen molar-refractivity contribution in [3.05, 3.63) is 39.8 Å². The number of hydrogen-bond donors (Lipinski definition) is 1. The van der Waals surface area contributed by atoms with E-state index in [-0.39, 0.29) is 5.56 Å². The number of thiophene rings is 1. The molecule has 0 saturated carbocycles. The number of carboxylic acid groups (broad SMARTS) is 1. The van der Waals surface area contributed by atoms with Crippen LogP contribution in [0.5, 0.6) is 5.75 Å². The van der Waals surface area contributed by atoms with E-state index in [9.17, 15) is 9.90 Å². The number of fused-ring (bicyclic) bond motifs is 1. The lowest BCUT2D eigenvalue weighted by molar-refractivity contribution is 0.0691. The molecule has 3 aromatic rings. The zero-order chi connectivity index (χ0) is 15.0. The van der Waals surface area contributed by atoms with E-state index < -0.39 is 5.97 Å². The Labute approximate surface area is 124 Å². The van der Waals surface area contributed by atoms with Gasteiger partial charge in [0.1, 0.15) is 17.9 Å². The number of aryl methyl sites for hydroxylation is 2. The van der Waals surface area contributed by atoms with Crippen LogP contribution in [0, 0.1) is 6.92 Å². The SMILES string of the molecule is Cc1nn(C)c2ncc(C(=O)O)c(OCc3cccs3)c12. The summed E-state index contributed by atoms with van der Waals surface area (Å²) in [6, 6.07) is 3.87. The number of nitrogens with zero attached hydrogens (tertiary/aromatic N) is 3. The third-order valence-corrected chi connectivity index (χ3v) is 4.00. The molecule has 0 radical (unpaired) electrons. The fourth-order valence-electron chi connectivity index (χ4n) is 2.22. The van der Waals surface area contributed by atoms with Crippen LogP contribution in [0.2, 0.25) is 0 Å². The van der Waals surface area contributed by atoms with Gasteiger partial charge in [0.15, 0.2) is 5.65 Å². The van der Waals surface area contributed by atoms with Crippen LogP contribution in [0.4, 0.5) is 0 Å². The number of hydrogen-bond acceptors (Lipinski definition) is 5. The van der Waals surface area contributed by atoms with Crippen LogP contribution in [0.3, 0.4) is 0 Å². The highest BCUT2D eigenvalue weighted by Gasteiger charge is 2.20. The van der Waals surface area contributed by atoms with E-state index in [1.165, 1.54) is 6.20 Å². The van der Waals surface area contributed by atoms with E-state index in [1.807, 2.05) is 24.4 Å². The summed E-state index contributed by atoms with van der Waals surface area (Å²) in [5, 5.41) is 16.2. The maximum Gasteiger partial charge on any atom is 0.341 e. The minimum absolute atomic E-state index is 0.0511. The van der Waals surface area contributed by atoms with Crippen molar-refractivity contribution < 1.29 is 14.6 Å². The van der Waals surface area contributed by atoms with E-state index in [2.05, 4.69) is 10.1 Å². The van der Waals surface area contributed by atoms with Gasteiger partial charge in [0.2, 0.25) is 0 Å². The first-order chi connectivity index (χ1) is 10.1. The molecule has 1 N–H and O–H groups in total. The second kappa shape index (κ2) is 5.17. The molecule has 0 amide bonds. The highest BCUT2D eigenvalue weighted by molar-refractivity contribution is 7.09. The van der Waals surface area contributed by atoms with Crippen molar-refractivity contribution in [3.8, 4) is 5.75 Å². The number of rotatable bonds is 4. The lowest BCUT2D eigenvalue weighted by Gasteiger charge is -2.09. The van der Waals surface area contributed by atoms with Crippen molar-refractivity contribution in [3.63, 3.8) is 0 Å². The highest BCUT2D eigenvalue weighted by atomic mass is 32.1. The first-order valence-electron chi connectivity index (χ1n) is 6.28. The smallest absolute Gasteiger partial charge is 0.341 e. The molecule has 0 aliphatic heterocycles. The van der Waals surface area contributed by atoms with E-state index >= 15 is 0 Å². The van der Waals surface area contributed by atoms with Gasteiger partial charge in [-0.25, -0.2) is 9.78 Å². The molecule has 6 nitrogen and oxygen atoms in total. The van der Waals surface area contributed by atoms with Gasteiger partial charge in [0.05, 0.1) is 11.1 Å². The summed E-state index contributed by atoms with van der Waals surface area (Å²) in [6.45, 7) is 2.14. The van der Waals surface area contributed by atoms with Crippen LogP contribution >= 0.6 is 11.3 Å². The van der Waals surface area contributed by atoms with Crippen LogP contribution in [0.15, 0.2) is 23.7 Å². The molecule has 0 aliphatic rings. The van der Waals surface area contributed by atoms with Gasteiger partial charge in [0.25, 0.3) is 0 Å². The predicted octanol–water partition coefficient (Wildman–Crippen LogP) is 2.62. The highest BCUT2D eigenvalue weighted by Crippen LogP contribution is 2.31. The maximum absolute atomic E-state index is 11.4. The Bertz CT molecular complexity index is 809. The third-order valence-electron chi connectivity index (χ3n) is 3.15. The first-order valence-corrected chi connectivity index (χ1v) is 7.16. The van der Waals surface area contributed by atoms with Gasteiger partial charge in [-0.05, 0) is 18.4 Å². The minimum Gasteiger partial charge on any atom is -0.486 e. The molecule has 0 atom stereocenters. The van der Waals surface area contributed by atoms with Gasteiger partial charge in [-0.15, -0.1) is 11.3 Å². The largest absolute Gasteiger partial charge is 0.486 e. The van der Waals surface area contributed by atoms with Gasteiger partial charge in [-0.3, -0.25) is 4.68 Å². The van der Waals surface area contributed by atoms with E-state index in [0.717, 1.165) is 4.88 Å². The third kappa shape index (κ3) is 2.36. The number of ether oxygens (including phenoxy) is 1. The van der Waals surface area contributed by atoms with Crippen LogP contribution in [-0.4, -0.2) is 25.8 Å². The molecular formula is C14H13N3O3S. The molecule has 0 aliphatic carbocycles. The molecule has 0 saturated heterocycles. The number of aromatic nitrogens is 3. The Hall–Kier alpha value is -2.41. The van der Waals surface area contributed by atoms with Crippen molar-refractivity contribution >= 4 is 28.3 Å². The van der Waals surface area contributed by atoms with Crippen LogP contribution in [-0.2, 0) is 13.7 Å². The van der Waals surface area contributed by atoms with Gasteiger partial charge >= 0.3 is 5.97 Å². The van der Waals surface area contributed by atoms with E-state index in [4.69, 9.17) is 4.74 Å². The molecule has 0 aromatic carbocycles.